The molecule has 1 aromatic rings. The fraction of sp³-hybridized carbons (Fsp3) is 0.529. The quantitative estimate of drug-likeness (QED) is 0.741. The summed E-state index contributed by atoms with van der Waals surface area (Å²) in [5, 5.41) is 0. The molecule has 22 heavy (non-hydrogen) atoms. The van der Waals surface area contributed by atoms with Crippen molar-refractivity contribution >= 4 is 27.8 Å². The Labute approximate surface area is 140 Å². The fourth-order valence-electron chi connectivity index (χ4n) is 2.56. The van der Waals surface area contributed by atoms with Crippen molar-refractivity contribution in [3.63, 3.8) is 0 Å². The highest BCUT2D eigenvalue weighted by Crippen LogP contribution is 2.33. The number of ketones is 1. The monoisotopic (exact) mass is 367 g/mol. The van der Waals surface area contributed by atoms with Gasteiger partial charge in [-0.1, -0.05) is 35.0 Å². The van der Waals surface area contributed by atoms with Crippen LogP contribution in [0, 0.1) is 5.92 Å². The molecule has 2 atom stereocenters. The number of amides is 1. The summed E-state index contributed by atoms with van der Waals surface area (Å²) in [4.78, 5) is 26.3. The Morgan fingerprint density at radius 2 is 2.05 bits per heavy atom. The van der Waals surface area contributed by atoms with Gasteiger partial charge in [-0.2, -0.15) is 0 Å². The van der Waals surface area contributed by atoms with Crippen LogP contribution in [0.3, 0.4) is 0 Å². The Kier molecular flexibility index (Phi) is 4.95. The smallest absolute Gasteiger partial charge is 0.410 e. The molecule has 0 saturated carbocycles. The normalized spacial score (nSPS) is 22.6. The second-order valence-electron chi connectivity index (χ2n) is 6.77. The number of ether oxygens (including phenoxy) is 1. The van der Waals surface area contributed by atoms with Gasteiger partial charge in [-0.05, 0) is 38.5 Å². The van der Waals surface area contributed by atoms with Crippen LogP contribution in [0.2, 0.25) is 0 Å². The van der Waals surface area contributed by atoms with E-state index in [4.69, 9.17) is 4.74 Å². The van der Waals surface area contributed by atoms with Crippen molar-refractivity contribution in [2.75, 3.05) is 6.54 Å². The zero-order valence-corrected chi connectivity index (χ0v) is 15.0. The number of halogens is 1. The van der Waals surface area contributed by atoms with E-state index < -0.39 is 5.60 Å². The molecule has 1 amide bonds. The highest BCUT2D eigenvalue weighted by Gasteiger charge is 2.37. The minimum absolute atomic E-state index is 0.157. The van der Waals surface area contributed by atoms with Gasteiger partial charge in [0.05, 0.1) is 6.04 Å². The third-order valence-electron chi connectivity index (χ3n) is 3.65. The van der Waals surface area contributed by atoms with Crippen molar-refractivity contribution in [1.82, 2.24) is 4.90 Å². The van der Waals surface area contributed by atoms with Gasteiger partial charge >= 0.3 is 6.09 Å². The molecule has 0 radical (unpaired) electrons. The molecule has 0 N–H and O–H groups in total. The van der Waals surface area contributed by atoms with Gasteiger partial charge in [0.1, 0.15) is 11.4 Å². The number of hydrogen-bond donors (Lipinski definition) is 0. The number of benzene rings is 1. The van der Waals surface area contributed by atoms with Gasteiger partial charge in [-0.25, -0.2) is 4.79 Å². The zero-order valence-electron chi connectivity index (χ0n) is 13.4. The fourth-order valence-corrected chi connectivity index (χ4v) is 2.98. The molecule has 1 fully saturated rings. The number of Topliss-reactive ketones (excluding diaryl/α,β-unsaturated/α-hetero) is 1. The zero-order chi connectivity index (χ0) is 16.5. The second-order valence-corrected chi connectivity index (χ2v) is 7.69. The largest absolute Gasteiger partial charge is 0.444 e. The minimum atomic E-state index is -0.552. The van der Waals surface area contributed by atoms with E-state index in [1.165, 1.54) is 0 Å². The molecule has 1 unspecified atom stereocenters. The number of hydrogen-bond acceptors (Lipinski definition) is 3. The third kappa shape index (κ3) is 4.09. The first-order valence-corrected chi connectivity index (χ1v) is 8.24. The van der Waals surface area contributed by atoms with Crippen LogP contribution in [0.5, 0.6) is 0 Å². The molecule has 1 saturated heterocycles. The van der Waals surface area contributed by atoms with E-state index in [0.29, 0.717) is 13.0 Å². The molecule has 1 aromatic carbocycles. The van der Waals surface area contributed by atoms with Gasteiger partial charge in [0.25, 0.3) is 0 Å². The van der Waals surface area contributed by atoms with Crippen LogP contribution >= 0.6 is 15.9 Å². The second kappa shape index (κ2) is 6.41. The van der Waals surface area contributed by atoms with Crippen molar-refractivity contribution in [1.29, 1.82) is 0 Å². The van der Waals surface area contributed by atoms with Gasteiger partial charge in [-0.3, -0.25) is 4.79 Å². The summed E-state index contributed by atoms with van der Waals surface area (Å²) in [5.41, 5.74) is 0.393. The molecule has 0 bridgehead atoms. The summed E-state index contributed by atoms with van der Waals surface area (Å²) in [5.74, 6) is 0.0284. The predicted molar refractivity (Wildman–Crippen MR) is 88.6 cm³/mol. The summed E-state index contributed by atoms with van der Waals surface area (Å²) >= 11 is 3.44. The third-order valence-corrected chi connectivity index (χ3v) is 4.15. The Bertz CT molecular complexity index is 580. The Morgan fingerprint density at radius 3 is 2.64 bits per heavy atom. The van der Waals surface area contributed by atoms with Crippen LogP contribution < -0.4 is 0 Å². The predicted octanol–water partition coefficient (Wildman–Crippen LogP) is 4.34. The van der Waals surface area contributed by atoms with E-state index in [9.17, 15) is 9.59 Å². The Hall–Kier alpha value is -1.36. The molecule has 4 nitrogen and oxygen atoms in total. The average Bonchev–Trinajstić information content (AvgIpc) is 2.39. The first-order valence-electron chi connectivity index (χ1n) is 7.45. The first kappa shape index (κ1) is 17.0. The van der Waals surface area contributed by atoms with Crippen molar-refractivity contribution in [2.45, 2.75) is 45.8 Å². The van der Waals surface area contributed by atoms with E-state index in [1.54, 1.807) is 4.90 Å². The van der Waals surface area contributed by atoms with Gasteiger partial charge in [0.2, 0.25) is 0 Å². The van der Waals surface area contributed by atoms with Crippen molar-refractivity contribution < 1.29 is 14.3 Å². The maximum Gasteiger partial charge on any atom is 0.410 e. The summed E-state index contributed by atoms with van der Waals surface area (Å²) in [6, 6.07) is 7.46. The van der Waals surface area contributed by atoms with Crippen LogP contribution in [0.4, 0.5) is 4.79 Å². The molecular weight excluding hydrogens is 346 g/mol. The summed E-state index contributed by atoms with van der Waals surface area (Å²) in [6.07, 6.45) is -0.0338. The van der Waals surface area contributed by atoms with Crippen LogP contribution in [-0.2, 0) is 9.53 Å². The van der Waals surface area contributed by atoms with E-state index >= 15 is 0 Å². The van der Waals surface area contributed by atoms with Crippen LogP contribution in [0.15, 0.2) is 28.7 Å². The van der Waals surface area contributed by atoms with E-state index in [0.717, 1.165) is 10.0 Å². The van der Waals surface area contributed by atoms with Gasteiger partial charge in [0, 0.05) is 23.4 Å². The van der Waals surface area contributed by atoms with Crippen molar-refractivity contribution in [3.8, 4) is 0 Å². The molecule has 1 aliphatic rings. The highest BCUT2D eigenvalue weighted by molar-refractivity contribution is 9.10. The number of piperidine rings is 1. The molecule has 0 spiro atoms. The Balaban J connectivity index is 2.30. The lowest BCUT2D eigenvalue weighted by molar-refractivity contribution is -0.127. The summed E-state index contributed by atoms with van der Waals surface area (Å²) in [6.45, 7) is 7.79. The lowest BCUT2D eigenvalue weighted by Gasteiger charge is -2.38. The van der Waals surface area contributed by atoms with Gasteiger partial charge < -0.3 is 9.64 Å². The number of carbonyl (C=O) groups is 2. The van der Waals surface area contributed by atoms with E-state index in [2.05, 4.69) is 15.9 Å². The summed E-state index contributed by atoms with van der Waals surface area (Å²) in [7, 11) is 0. The minimum Gasteiger partial charge on any atom is -0.444 e. The van der Waals surface area contributed by atoms with Crippen LogP contribution in [-0.4, -0.2) is 28.9 Å². The molecule has 1 heterocycles. The number of rotatable bonds is 1. The molecular formula is C17H22BrNO3. The molecule has 5 heteroatoms. The average molecular weight is 368 g/mol. The molecule has 1 aliphatic heterocycles. The molecule has 0 aromatic heterocycles. The maximum absolute atomic E-state index is 12.5. The van der Waals surface area contributed by atoms with Gasteiger partial charge in [0.15, 0.2) is 0 Å². The topological polar surface area (TPSA) is 46.6 Å². The highest BCUT2D eigenvalue weighted by atomic mass is 79.9. The molecule has 0 aliphatic carbocycles. The number of carbonyl (C=O) groups excluding carboxylic acids is 2. The Morgan fingerprint density at radius 1 is 1.36 bits per heavy atom. The molecule has 2 rings (SSSR count). The lowest BCUT2D eigenvalue weighted by atomic mass is 9.89. The van der Waals surface area contributed by atoms with Crippen LogP contribution in [0.1, 0.15) is 45.7 Å². The van der Waals surface area contributed by atoms with Gasteiger partial charge in [-0.15, -0.1) is 0 Å². The van der Waals surface area contributed by atoms with Crippen molar-refractivity contribution in [2.24, 2.45) is 5.92 Å². The summed E-state index contributed by atoms with van der Waals surface area (Å²) < 4.78 is 6.44. The van der Waals surface area contributed by atoms with E-state index in [1.807, 2.05) is 52.0 Å². The van der Waals surface area contributed by atoms with Crippen molar-refractivity contribution in [3.05, 3.63) is 34.3 Å². The lowest BCUT2D eigenvalue weighted by Crippen LogP contribution is -2.47. The first-order chi connectivity index (χ1) is 10.2. The van der Waals surface area contributed by atoms with E-state index in [-0.39, 0.29) is 23.8 Å². The number of nitrogens with zero attached hydrogens (tertiary/aromatic N) is 1. The maximum atomic E-state index is 12.5. The standard InChI is InChI=1S/C17H22BrNO3/c1-11-10-19(16(21)22-17(2,3)4)14(9-15(11)20)12-6-5-7-13(18)8-12/h5-8,11,14H,9-10H2,1-4H3/t11?,14-/m1/s1. The SMILES string of the molecule is CC1CN(C(=O)OC(C)(C)C)[C@@H](c2cccc(Br)c2)CC1=O. The number of likely N-dealkylation sites (tertiary alicyclic amines) is 1. The van der Waals surface area contributed by atoms with Crippen LogP contribution in [0.25, 0.3) is 0 Å². The molecule has 120 valence electrons.